The number of esters is 4. The summed E-state index contributed by atoms with van der Waals surface area (Å²) in [6, 6.07) is -3.60. The molecule has 0 aromatic rings. The Balaban J connectivity index is 0.0000161. The predicted octanol–water partition coefficient (Wildman–Crippen LogP) is 20.6. The quantitative estimate of drug-likeness (QED) is 0.0143. The number of phosphoric ester groups is 1. The van der Waals surface area contributed by atoms with Gasteiger partial charge in [-0.05, 0) is 77.4 Å². The molecule has 0 unspecified atom stereocenters. The second kappa shape index (κ2) is 74.1. The second-order valence-electron chi connectivity index (χ2n) is 31.2. The third kappa shape index (κ3) is 61.7. The van der Waals surface area contributed by atoms with Crippen LogP contribution in [0.3, 0.4) is 0 Å². The fourth-order valence-electron chi connectivity index (χ4n) is 14.2. The topological polar surface area (TPSA) is 309 Å². The molecule has 0 bridgehead atoms. The minimum Gasteiger partial charge on any atom is -0.480 e. The number of carbonyl (C=O) groups excluding carboxylic acids is 6. The smallest absolute Gasteiger partial charge is 0.470 e. The van der Waals surface area contributed by atoms with Crippen molar-refractivity contribution in [2.75, 3.05) is 32.8 Å². The van der Waals surface area contributed by atoms with Crippen LogP contribution in [-0.2, 0) is 71.1 Å². The van der Waals surface area contributed by atoms with Crippen molar-refractivity contribution in [3.05, 3.63) is 0 Å². The van der Waals surface area contributed by atoms with E-state index in [1.165, 1.54) is 64.6 Å². The number of carboxylic acid groups (broad SMARTS) is 1. The molecule has 0 radical (unpaired) electrons. The number of hydrogen-bond donors (Lipinski definition) is 6. The van der Waals surface area contributed by atoms with E-state index in [4.69, 9.17) is 32.9 Å². The van der Waals surface area contributed by atoms with Crippen LogP contribution in [0.25, 0.3) is 0 Å². The van der Waals surface area contributed by atoms with Crippen LogP contribution in [0, 0.1) is 0 Å². The Morgan fingerprint density at radius 1 is 0.400 bits per heavy atom. The number of carboxylic acids is 1. The molecule has 1 saturated heterocycles. The Morgan fingerprint density at radius 3 is 0.991 bits per heavy atom. The summed E-state index contributed by atoms with van der Waals surface area (Å²) in [5.41, 5.74) is 0. The van der Waals surface area contributed by atoms with E-state index in [1.54, 1.807) is 0 Å². The van der Waals surface area contributed by atoms with Crippen LogP contribution in [0.2, 0.25) is 0 Å². The number of amides is 2. The van der Waals surface area contributed by atoms with Crippen LogP contribution < -0.4 is 10.6 Å². The Hall–Kier alpha value is -3.76. The molecule has 22 nitrogen and oxygen atoms in total. The maximum Gasteiger partial charge on any atom is 0.470 e. The molecule has 9 atom stereocenters. The Kier molecular flexibility index (Phi) is 71.6. The van der Waals surface area contributed by atoms with Gasteiger partial charge in [0, 0.05) is 19.3 Å². The van der Waals surface area contributed by atoms with Crippen molar-refractivity contribution in [1.29, 1.82) is 0 Å². The van der Waals surface area contributed by atoms with Gasteiger partial charge in [-0.2, -0.15) is 0 Å². The molecule has 0 aliphatic carbocycles. The zero-order valence-corrected chi connectivity index (χ0v) is 72.2. The van der Waals surface area contributed by atoms with Gasteiger partial charge in [-0.1, -0.05) is 332 Å². The van der Waals surface area contributed by atoms with Gasteiger partial charge < -0.3 is 64.0 Å². The zero-order chi connectivity index (χ0) is 81.5. The zero-order valence-electron chi connectivity index (χ0n) is 71.3. The number of nitrogens with zero attached hydrogens (tertiary/aromatic N) is 1. The predicted molar refractivity (Wildman–Crippen MR) is 440 cm³/mol. The third-order valence-electron chi connectivity index (χ3n) is 21.0. The number of aliphatic hydroxyl groups is 1. The van der Waals surface area contributed by atoms with E-state index in [0.717, 1.165) is 225 Å². The number of aliphatic hydroxyl groups excluding tert-OH is 1. The van der Waals surface area contributed by atoms with Crippen LogP contribution in [-0.4, -0.2) is 154 Å². The van der Waals surface area contributed by atoms with Gasteiger partial charge in [0.05, 0.1) is 32.5 Å². The second-order valence-corrected chi connectivity index (χ2v) is 32.4. The van der Waals surface area contributed by atoms with Gasteiger partial charge in [0.1, 0.15) is 36.6 Å². The fourth-order valence-corrected chi connectivity index (χ4v) is 14.7. The number of aliphatic carboxylic acids is 1. The lowest BCUT2D eigenvalue weighted by Crippen LogP contribution is -2.66. The lowest BCUT2D eigenvalue weighted by atomic mass is 9.95. The highest BCUT2D eigenvalue weighted by molar-refractivity contribution is 7.46. The lowest BCUT2D eigenvalue weighted by molar-refractivity contribution is -0.272. The van der Waals surface area contributed by atoms with E-state index in [9.17, 15) is 58.1 Å². The number of ether oxygens (including phenoxy) is 6. The minimum absolute atomic E-state index is 0.125. The first kappa shape index (κ1) is 106. The van der Waals surface area contributed by atoms with Crippen LogP contribution in [0.5, 0.6) is 0 Å². The van der Waals surface area contributed by atoms with Gasteiger partial charge in [-0.25, -0.2) is 9.36 Å². The first-order valence-corrected chi connectivity index (χ1v) is 46.7. The summed E-state index contributed by atoms with van der Waals surface area (Å²) in [6.45, 7) is 21.2. The maximum absolute atomic E-state index is 14.8. The van der Waals surface area contributed by atoms with Crippen molar-refractivity contribution < 1.29 is 91.1 Å². The van der Waals surface area contributed by atoms with E-state index in [-0.39, 0.29) is 32.1 Å². The molecule has 1 heterocycles. The van der Waals surface area contributed by atoms with Gasteiger partial charge in [-0.15, -0.1) is 0 Å². The largest absolute Gasteiger partial charge is 0.480 e. The molecule has 23 heteroatoms. The van der Waals surface area contributed by atoms with E-state index < -0.39 is 131 Å². The molecule has 2 amide bonds. The summed E-state index contributed by atoms with van der Waals surface area (Å²) >= 11 is 0. The molecule has 0 spiro atoms. The molecule has 1 aliphatic heterocycles. The minimum atomic E-state index is -5.56. The van der Waals surface area contributed by atoms with Crippen LogP contribution in [0.1, 0.15) is 428 Å². The normalized spacial score (nSPS) is 16.8. The van der Waals surface area contributed by atoms with Crippen molar-refractivity contribution in [2.45, 2.75) is 483 Å². The van der Waals surface area contributed by atoms with Crippen molar-refractivity contribution in [3.63, 3.8) is 0 Å². The van der Waals surface area contributed by atoms with Crippen molar-refractivity contribution >= 4 is 49.5 Å². The molecular formula is C87H166N3O19P. The summed E-state index contributed by atoms with van der Waals surface area (Å²) in [6.07, 6.45) is 38.1. The van der Waals surface area contributed by atoms with E-state index in [0.29, 0.717) is 51.4 Å². The summed E-state index contributed by atoms with van der Waals surface area (Å²) in [5.74, 6) is -5.54. The summed E-state index contributed by atoms with van der Waals surface area (Å²) < 4.78 is 54.9. The molecule has 1 aliphatic rings. The van der Waals surface area contributed by atoms with Crippen molar-refractivity contribution in [1.82, 2.24) is 15.5 Å². The van der Waals surface area contributed by atoms with Gasteiger partial charge in [0.2, 0.25) is 11.8 Å². The first-order valence-electron chi connectivity index (χ1n) is 45.1. The van der Waals surface area contributed by atoms with Crippen molar-refractivity contribution in [3.8, 4) is 0 Å². The van der Waals surface area contributed by atoms with E-state index in [1.807, 2.05) is 0 Å². The summed E-state index contributed by atoms with van der Waals surface area (Å²) in [4.78, 5) is 121. The summed E-state index contributed by atoms with van der Waals surface area (Å²) in [7, 11) is -5.56. The van der Waals surface area contributed by atoms with Gasteiger partial charge in [-0.3, -0.25) is 33.3 Å². The Labute approximate surface area is 669 Å². The van der Waals surface area contributed by atoms with Gasteiger partial charge in [0.15, 0.2) is 18.4 Å². The fraction of sp³-hybridized carbons (Fsp3) is 0.920. The Bertz CT molecular complexity index is 2270. The van der Waals surface area contributed by atoms with E-state index >= 15 is 0 Å². The highest BCUT2D eigenvalue weighted by Crippen LogP contribution is 2.42. The average molecular weight is 1590 g/mol. The molecule has 6 N–H and O–H groups in total. The van der Waals surface area contributed by atoms with Crippen LogP contribution in [0.4, 0.5) is 0 Å². The number of carbonyl (C=O) groups is 7. The number of phosphoric acid groups is 1. The molecule has 0 saturated carbocycles. The average Bonchev–Trinajstić information content (AvgIpc) is 0.780. The highest BCUT2D eigenvalue weighted by atomic mass is 31.2. The van der Waals surface area contributed by atoms with Gasteiger partial charge >= 0.3 is 37.7 Å². The van der Waals surface area contributed by atoms with Crippen LogP contribution in [0.15, 0.2) is 0 Å². The summed E-state index contributed by atoms with van der Waals surface area (Å²) in [5, 5.41) is 26.9. The van der Waals surface area contributed by atoms with Crippen LogP contribution >= 0.6 is 7.82 Å². The van der Waals surface area contributed by atoms with Gasteiger partial charge in [0.25, 0.3) is 0 Å². The number of hydrogen-bond acceptors (Lipinski definition) is 17. The van der Waals surface area contributed by atoms with Crippen molar-refractivity contribution in [2.24, 2.45) is 0 Å². The SMILES string of the molecule is CCCCCCCCCCC[C@H](CC(=O)N[C@H]1[C@H](OC[C@H](NC(=O)C[C@@H](CCCCCCCCCCC)OC(=O)CCCCCCCCC)C(=O)O)O[C@H](CO)[C@@H](OP(=O)(O)O)[C@@H]1OC(=O)C[C@@H](CCCCCCCCCCC)OC(=O)CCCCCCCCC)OC(=O)CCCCCCCCC.CCN(CC)CC. The number of rotatable bonds is 76. The van der Waals surface area contributed by atoms with E-state index in [2.05, 4.69) is 77.8 Å². The Morgan fingerprint density at radius 2 is 0.700 bits per heavy atom. The molecule has 0 aromatic carbocycles. The lowest BCUT2D eigenvalue weighted by Gasteiger charge is -2.45. The maximum atomic E-state index is 14.8. The molecule has 0 aromatic heterocycles. The standard InChI is InChI=1S/C81H151N2O19P.C6H15N/c1-7-13-19-25-31-34-40-43-49-55-66(97-73(87)58-52-46-37-28-22-16-10-4)61-71(85)82-69(80(91)92)65-96-81-77(83-72(86)62-67(56-50-44-41-35-32-26-20-14-8-2)98-74(88)59-53-47-38-29-23-17-11-5)79(78(70(64-84)100-81)102-103(93,94)95)101-76(90)63-68(57-51-45-42-36-33-27-21-15-9-3)99-75(89)60-54-48-39-30-24-18-12-6;1-4-7(5-2)6-3/h66-70,77-79,81,84H,7-65H2,1-6H3,(H,82,85)(H,83,86)(H,91,92)(H2,93,94,95);4-6H2,1-3H3/t66-,67-,68-,69+,70-,77-,78-,79-,81-;/m1./s1. The molecule has 110 heavy (non-hydrogen) atoms. The number of nitrogens with one attached hydrogen (secondary N) is 2. The molecule has 648 valence electrons. The molecular weight excluding hydrogens is 1420 g/mol. The molecule has 1 rings (SSSR count). The molecule has 1 fully saturated rings. The first-order chi connectivity index (χ1) is 53.2. The third-order valence-corrected chi connectivity index (χ3v) is 21.6. The highest BCUT2D eigenvalue weighted by Gasteiger charge is 2.52. The number of unbranched alkanes of at least 4 members (excludes halogenated alkanes) is 42. The monoisotopic (exact) mass is 1590 g/mol.